The highest BCUT2D eigenvalue weighted by atomic mass is 79.9. The molecular weight excluding hydrogens is 324 g/mol. The minimum absolute atomic E-state index is 0.0631. The largest absolute Gasteiger partial charge is 0.491 e. The van der Waals surface area contributed by atoms with Crippen LogP contribution in [0.4, 0.5) is 0 Å². The minimum Gasteiger partial charge on any atom is -0.491 e. The van der Waals surface area contributed by atoms with Crippen molar-refractivity contribution < 1.29 is 14.6 Å². The quantitative estimate of drug-likeness (QED) is 0.878. The van der Waals surface area contributed by atoms with Gasteiger partial charge in [-0.2, -0.15) is 5.10 Å². The first kappa shape index (κ1) is 13.2. The fourth-order valence-electron chi connectivity index (χ4n) is 1.91. The molecule has 0 radical (unpaired) electrons. The highest BCUT2D eigenvalue weighted by Crippen LogP contribution is 2.38. The van der Waals surface area contributed by atoms with E-state index in [-0.39, 0.29) is 5.69 Å². The zero-order valence-corrected chi connectivity index (χ0v) is 12.2. The summed E-state index contributed by atoms with van der Waals surface area (Å²) in [5, 5.41) is 15.5. The SMILES string of the molecule is O=C(O)c1cc(-c2cccc(Br)c2OCC2CC2)n[nH]1. The third-order valence-electron chi connectivity index (χ3n) is 3.21. The van der Waals surface area contributed by atoms with E-state index in [9.17, 15) is 4.79 Å². The number of aromatic carboxylic acids is 1. The number of hydrogen-bond donors (Lipinski definition) is 2. The van der Waals surface area contributed by atoms with Gasteiger partial charge in [0.05, 0.1) is 16.8 Å². The van der Waals surface area contributed by atoms with Crippen molar-refractivity contribution in [3.8, 4) is 17.0 Å². The summed E-state index contributed by atoms with van der Waals surface area (Å²) in [4.78, 5) is 10.9. The third kappa shape index (κ3) is 2.70. The van der Waals surface area contributed by atoms with Gasteiger partial charge >= 0.3 is 5.97 Å². The number of carbonyl (C=O) groups is 1. The summed E-state index contributed by atoms with van der Waals surface area (Å²) in [6.45, 7) is 0.686. The first-order valence-electron chi connectivity index (χ1n) is 6.35. The molecule has 0 unspecified atom stereocenters. The molecule has 0 atom stereocenters. The maximum absolute atomic E-state index is 10.9. The van der Waals surface area contributed by atoms with Crippen LogP contribution in [0.5, 0.6) is 5.75 Å². The maximum Gasteiger partial charge on any atom is 0.353 e. The molecule has 20 heavy (non-hydrogen) atoms. The van der Waals surface area contributed by atoms with Gasteiger partial charge in [-0.05, 0) is 52.9 Å². The Morgan fingerprint density at radius 1 is 1.50 bits per heavy atom. The van der Waals surface area contributed by atoms with Crippen LogP contribution in [0.1, 0.15) is 23.3 Å². The van der Waals surface area contributed by atoms with Crippen LogP contribution in [0.2, 0.25) is 0 Å². The monoisotopic (exact) mass is 336 g/mol. The molecule has 1 aromatic carbocycles. The molecule has 1 heterocycles. The van der Waals surface area contributed by atoms with Gasteiger partial charge in [0.15, 0.2) is 0 Å². The second-order valence-corrected chi connectivity index (χ2v) is 5.70. The van der Waals surface area contributed by atoms with Crippen LogP contribution < -0.4 is 4.74 Å². The molecule has 0 spiro atoms. The smallest absolute Gasteiger partial charge is 0.353 e. The van der Waals surface area contributed by atoms with Gasteiger partial charge in [0.2, 0.25) is 0 Å². The van der Waals surface area contributed by atoms with Crippen LogP contribution in [-0.2, 0) is 0 Å². The second-order valence-electron chi connectivity index (χ2n) is 4.84. The molecule has 0 saturated heterocycles. The number of carboxylic acids is 1. The number of nitrogens with zero attached hydrogens (tertiary/aromatic N) is 1. The molecule has 1 aromatic heterocycles. The average Bonchev–Trinajstić information content (AvgIpc) is 3.11. The number of aromatic nitrogens is 2. The van der Waals surface area contributed by atoms with E-state index in [1.165, 1.54) is 18.9 Å². The predicted octanol–water partition coefficient (Wildman–Crippen LogP) is 3.33. The molecule has 1 aliphatic rings. The molecule has 2 N–H and O–H groups in total. The van der Waals surface area contributed by atoms with E-state index in [1.54, 1.807) is 0 Å². The van der Waals surface area contributed by atoms with Gasteiger partial charge < -0.3 is 9.84 Å². The van der Waals surface area contributed by atoms with E-state index >= 15 is 0 Å². The topological polar surface area (TPSA) is 75.2 Å². The summed E-state index contributed by atoms with van der Waals surface area (Å²) in [5.41, 5.74) is 1.41. The minimum atomic E-state index is -1.03. The Morgan fingerprint density at radius 2 is 2.30 bits per heavy atom. The van der Waals surface area contributed by atoms with Gasteiger partial charge in [-0.25, -0.2) is 4.79 Å². The number of H-pyrrole nitrogens is 1. The average molecular weight is 337 g/mol. The van der Waals surface area contributed by atoms with Crippen molar-refractivity contribution in [2.75, 3.05) is 6.61 Å². The van der Waals surface area contributed by atoms with Crippen LogP contribution in [0.15, 0.2) is 28.7 Å². The molecule has 0 bridgehead atoms. The van der Waals surface area contributed by atoms with Gasteiger partial charge in [0.1, 0.15) is 11.4 Å². The van der Waals surface area contributed by atoms with Gasteiger partial charge in [0, 0.05) is 5.56 Å². The van der Waals surface area contributed by atoms with Crippen LogP contribution >= 0.6 is 15.9 Å². The molecule has 1 aliphatic carbocycles. The van der Waals surface area contributed by atoms with Gasteiger partial charge in [-0.1, -0.05) is 6.07 Å². The number of aromatic amines is 1. The van der Waals surface area contributed by atoms with Crippen molar-refractivity contribution in [2.45, 2.75) is 12.8 Å². The lowest BCUT2D eigenvalue weighted by Crippen LogP contribution is -2.01. The summed E-state index contributed by atoms with van der Waals surface area (Å²) < 4.78 is 6.71. The van der Waals surface area contributed by atoms with Gasteiger partial charge in [-0.15, -0.1) is 0 Å². The molecular formula is C14H13BrN2O3. The first-order valence-corrected chi connectivity index (χ1v) is 7.15. The summed E-state index contributed by atoms with van der Waals surface area (Å²) in [5.74, 6) is 0.325. The normalized spacial score (nSPS) is 14.2. The lowest BCUT2D eigenvalue weighted by molar-refractivity contribution is 0.0690. The van der Waals surface area contributed by atoms with Crippen molar-refractivity contribution in [1.29, 1.82) is 0 Å². The zero-order chi connectivity index (χ0) is 14.1. The summed E-state index contributed by atoms with van der Waals surface area (Å²) in [6.07, 6.45) is 2.43. The number of nitrogens with one attached hydrogen (secondary N) is 1. The van der Waals surface area contributed by atoms with E-state index in [0.717, 1.165) is 10.0 Å². The fraction of sp³-hybridized carbons (Fsp3) is 0.286. The zero-order valence-electron chi connectivity index (χ0n) is 10.6. The summed E-state index contributed by atoms with van der Waals surface area (Å²) >= 11 is 3.47. The Balaban J connectivity index is 1.93. The Bertz CT molecular complexity index is 650. The molecule has 104 valence electrons. The van der Waals surface area contributed by atoms with E-state index in [1.807, 2.05) is 18.2 Å². The van der Waals surface area contributed by atoms with Crippen LogP contribution in [0, 0.1) is 5.92 Å². The van der Waals surface area contributed by atoms with E-state index in [4.69, 9.17) is 9.84 Å². The highest BCUT2D eigenvalue weighted by molar-refractivity contribution is 9.10. The number of rotatable bonds is 5. The lowest BCUT2D eigenvalue weighted by Gasteiger charge is -2.11. The Hall–Kier alpha value is -1.82. The van der Waals surface area contributed by atoms with Gasteiger partial charge in [0.25, 0.3) is 0 Å². The number of benzene rings is 1. The van der Waals surface area contributed by atoms with Gasteiger partial charge in [-0.3, -0.25) is 5.10 Å². The first-order chi connectivity index (χ1) is 9.65. The number of carboxylic acid groups (broad SMARTS) is 1. The number of hydrogen-bond acceptors (Lipinski definition) is 3. The van der Waals surface area contributed by atoms with Crippen molar-refractivity contribution >= 4 is 21.9 Å². The molecule has 3 rings (SSSR count). The van der Waals surface area contributed by atoms with Crippen molar-refractivity contribution in [2.24, 2.45) is 5.92 Å². The molecule has 6 heteroatoms. The molecule has 0 amide bonds. The summed E-state index contributed by atoms with van der Waals surface area (Å²) in [6, 6.07) is 7.15. The maximum atomic E-state index is 10.9. The predicted molar refractivity (Wildman–Crippen MR) is 76.9 cm³/mol. The van der Waals surface area contributed by atoms with Crippen LogP contribution in [-0.4, -0.2) is 27.9 Å². The Morgan fingerprint density at radius 3 is 2.95 bits per heavy atom. The molecule has 1 saturated carbocycles. The standard InChI is InChI=1S/C14H13BrN2O3/c15-10-3-1-2-9(13(10)20-7-8-4-5-8)11-6-12(14(18)19)17-16-11/h1-3,6,8H,4-5,7H2,(H,16,17)(H,18,19). The second kappa shape index (κ2) is 5.28. The highest BCUT2D eigenvalue weighted by Gasteiger charge is 2.23. The third-order valence-corrected chi connectivity index (χ3v) is 3.84. The van der Waals surface area contributed by atoms with Crippen LogP contribution in [0.3, 0.4) is 0 Å². The molecule has 1 fully saturated rings. The summed E-state index contributed by atoms with van der Waals surface area (Å²) in [7, 11) is 0. The van der Waals surface area contributed by atoms with E-state index < -0.39 is 5.97 Å². The molecule has 2 aromatic rings. The number of para-hydroxylation sites is 1. The number of ether oxygens (including phenoxy) is 1. The lowest BCUT2D eigenvalue weighted by atomic mass is 10.1. The van der Waals surface area contributed by atoms with Crippen molar-refractivity contribution in [3.05, 3.63) is 34.4 Å². The van der Waals surface area contributed by atoms with E-state index in [0.29, 0.717) is 24.0 Å². The number of halogens is 1. The molecule has 5 nitrogen and oxygen atoms in total. The van der Waals surface area contributed by atoms with Crippen molar-refractivity contribution in [3.63, 3.8) is 0 Å². The van der Waals surface area contributed by atoms with Crippen LogP contribution in [0.25, 0.3) is 11.3 Å². The Labute approximate surface area is 124 Å². The fourth-order valence-corrected chi connectivity index (χ4v) is 2.39. The molecule has 0 aliphatic heterocycles. The Kier molecular flexibility index (Phi) is 3.48. The van der Waals surface area contributed by atoms with E-state index in [2.05, 4.69) is 26.1 Å². The van der Waals surface area contributed by atoms with Crippen molar-refractivity contribution in [1.82, 2.24) is 10.2 Å².